The fraction of sp³-hybridized carbons (Fsp3) is 0.333. The highest BCUT2D eigenvalue weighted by atomic mass is 32.1. The smallest absolute Gasteiger partial charge is 0.356 e. The van der Waals surface area contributed by atoms with Crippen molar-refractivity contribution in [2.75, 3.05) is 0 Å². The van der Waals surface area contributed by atoms with Crippen molar-refractivity contribution >= 4 is 17.5 Å². The normalized spacial score (nSPS) is 15.2. The molecule has 2 aromatic rings. The summed E-state index contributed by atoms with van der Waals surface area (Å²) in [6.45, 7) is 0. The molecular weight excluding hydrogens is 228 g/mol. The first-order chi connectivity index (χ1) is 7.74. The summed E-state index contributed by atoms with van der Waals surface area (Å²) >= 11 is 1.26. The van der Waals surface area contributed by atoms with Crippen LogP contribution in [0.2, 0.25) is 0 Å². The molecule has 2 aromatic heterocycles. The monoisotopic (exact) mass is 236 g/mol. The molecule has 1 saturated carbocycles. The molecule has 1 fully saturated rings. The van der Waals surface area contributed by atoms with Crippen molar-refractivity contribution in [2.45, 2.75) is 18.8 Å². The maximum absolute atomic E-state index is 10.7. The zero-order valence-corrected chi connectivity index (χ0v) is 9.02. The van der Waals surface area contributed by atoms with Gasteiger partial charge in [-0.25, -0.2) is 14.8 Å². The lowest BCUT2D eigenvalue weighted by Gasteiger charge is -1.91. The molecule has 0 bridgehead atoms. The van der Waals surface area contributed by atoms with E-state index in [1.165, 1.54) is 24.1 Å². The minimum Gasteiger partial charge on any atom is -0.476 e. The van der Waals surface area contributed by atoms with Crippen LogP contribution in [0.3, 0.4) is 0 Å². The number of carbonyl (C=O) groups is 1. The number of aromatic nitrogens is 4. The minimum absolute atomic E-state index is 0.0168. The van der Waals surface area contributed by atoms with Crippen LogP contribution in [0.25, 0.3) is 5.13 Å². The van der Waals surface area contributed by atoms with Crippen molar-refractivity contribution in [3.8, 4) is 5.13 Å². The van der Waals surface area contributed by atoms with Gasteiger partial charge in [0.15, 0.2) is 5.69 Å². The molecule has 0 aromatic carbocycles. The predicted octanol–water partition coefficient (Wildman–Crippen LogP) is 1.30. The predicted molar refractivity (Wildman–Crippen MR) is 56.0 cm³/mol. The van der Waals surface area contributed by atoms with Crippen molar-refractivity contribution < 1.29 is 9.90 Å². The molecule has 0 amide bonds. The zero-order valence-electron chi connectivity index (χ0n) is 8.20. The van der Waals surface area contributed by atoms with Gasteiger partial charge < -0.3 is 5.11 Å². The summed E-state index contributed by atoms with van der Waals surface area (Å²) in [5, 5.41) is 9.41. The molecule has 2 heterocycles. The second-order valence-electron chi connectivity index (χ2n) is 3.68. The van der Waals surface area contributed by atoms with Crippen molar-refractivity contribution in [1.82, 2.24) is 18.9 Å². The Morgan fingerprint density at radius 1 is 1.56 bits per heavy atom. The number of hydrogen-bond acceptors (Lipinski definition) is 5. The van der Waals surface area contributed by atoms with Crippen molar-refractivity contribution in [1.29, 1.82) is 0 Å². The van der Waals surface area contributed by atoms with Crippen LogP contribution in [0.5, 0.6) is 0 Å². The van der Waals surface area contributed by atoms with E-state index >= 15 is 0 Å². The van der Waals surface area contributed by atoms with Gasteiger partial charge >= 0.3 is 5.97 Å². The largest absolute Gasteiger partial charge is 0.476 e. The van der Waals surface area contributed by atoms with Crippen LogP contribution in [0.4, 0.5) is 0 Å². The zero-order chi connectivity index (χ0) is 11.1. The molecule has 0 unspecified atom stereocenters. The first-order valence-corrected chi connectivity index (χ1v) is 5.62. The van der Waals surface area contributed by atoms with Gasteiger partial charge in [0.05, 0.1) is 0 Å². The molecule has 82 valence electrons. The van der Waals surface area contributed by atoms with Crippen molar-refractivity contribution in [2.24, 2.45) is 0 Å². The van der Waals surface area contributed by atoms with Crippen LogP contribution >= 0.6 is 11.5 Å². The fourth-order valence-electron chi connectivity index (χ4n) is 1.38. The topological polar surface area (TPSA) is 80.9 Å². The van der Waals surface area contributed by atoms with Gasteiger partial charge in [-0.15, -0.1) is 0 Å². The summed E-state index contributed by atoms with van der Waals surface area (Å²) in [7, 11) is 0. The lowest BCUT2D eigenvalue weighted by atomic mass is 10.4. The summed E-state index contributed by atoms with van der Waals surface area (Å²) in [5.41, 5.74) is 0.0168. The van der Waals surface area contributed by atoms with E-state index in [1.807, 2.05) is 0 Å². The first-order valence-electron chi connectivity index (χ1n) is 4.85. The minimum atomic E-state index is -1.04. The highest BCUT2D eigenvalue weighted by Crippen LogP contribution is 2.38. The Bertz CT molecular complexity index is 543. The van der Waals surface area contributed by atoms with Crippen LogP contribution in [-0.4, -0.2) is 30.0 Å². The molecule has 0 aliphatic heterocycles. The van der Waals surface area contributed by atoms with Crippen molar-refractivity contribution in [3.63, 3.8) is 0 Å². The Labute approximate surface area is 94.8 Å². The quantitative estimate of drug-likeness (QED) is 0.868. The van der Waals surface area contributed by atoms with Gasteiger partial charge in [-0.3, -0.25) is 4.57 Å². The van der Waals surface area contributed by atoms with E-state index in [1.54, 1.807) is 4.57 Å². The average molecular weight is 236 g/mol. The Hall–Kier alpha value is -1.76. The lowest BCUT2D eigenvalue weighted by molar-refractivity contribution is 0.0691. The number of carboxylic acid groups (broad SMARTS) is 1. The molecule has 3 rings (SSSR count). The van der Waals surface area contributed by atoms with Gasteiger partial charge in [-0.05, 0) is 12.8 Å². The summed E-state index contributed by atoms with van der Waals surface area (Å²) < 4.78 is 5.83. The third-order valence-electron chi connectivity index (χ3n) is 2.40. The van der Waals surface area contributed by atoms with Gasteiger partial charge in [0.2, 0.25) is 5.13 Å². The molecule has 0 radical (unpaired) electrons. The Kier molecular flexibility index (Phi) is 2.00. The number of rotatable bonds is 3. The standard InChI is InChI=1S/C9H8N4O2S/c14-8(15)6-3-13(4-10-6)9-11-7(12-16-9)5-1-2-5/h3-5H,1-2H2,(H,14,15). The summed E-state index contributed by atoms with van der Waals surface area (Å²) in [5.74, 6) is 0.337. The SMILES string of the molecule is O=C(O)c1cn(-c2nc(C3CC3)ns2)cn1. The first kappa shape index (κ1) is 9.46. The summed E-state index contributed by atoms with van der Waals surface area (Å²) in [6.07, 6.45) is 5.20. The van der Waals surface area contributed by atoms with Gasteiger partial charge in [-0.1, -0.05) is 0 Å². The van der Waals surface area contributed by atoms with E-state index in [0.29, 0.717) is 11.0 Å². The molecule has 0 atom stereocenters. The maximum atomic E-state index is 10.7. The Morgan fingerprint density at radius 2 is 2.38 bits per heavy atom. The molecule has 1 aliphatic rings. The molecular formula is C9H8N4O2S. The maximum Gasteiger partial charge on any atom is 0.356 e. The van der Waals surface area contributed by atoms with E-state index in [2.05, 4.69) is 14.3 Å². The van der Waals surface area contributed by atoms with Gasteiger partial charge in [0.1, 0.15) is 12.2 Å². The number of nitrogens with zero attached hydrogens (tertiary/aromatic N) is 4. The second-order valence-corrected chi connectivity index (χ2v) is 4.41. The summed E-state index contributed by atoms with van der Waals surface area (Å²) in [4.78, 5) is 18.8. The van der Waals surface area contributed by atoms with Crippen LogP contribution in [0.1, 0.15) is 35.1 Å². The van der Waals surface area contributed by atoms with E-state index in [4.69, 9.17) is 5.11 Å². The van der Waals surface area contributed by atoms with E-state index < -0.39 is 5.97 Å². The number of hydrogen-bond donors (Lipinski definition) is 1. The van der Waals surface area contributed by atoms with E-state index in [-0.39, 0.29) is 5.69 Å². The Balaban J connectivity index is 1.91. The van der Waals surface area contributed by atoms with Gasteiger partial charge in [0.25, 0.3) is 0 Å². The molecule has 6 nitrogen and oxygen atoms in total. The molecule has 1 N–H and O–H groups in total. The lowest BCUT2D eigenvalue weighted by Crippen LogP contribution is -1.95. The van der Waals surface area contributed by atoms with Crippen LogP contribution in [-0.2, 0) is 0 Å². The van der Waals surface area contributed by atoms with Gasteiger partial charge in [-0.2, -0.15) is 4.37 Å². The molecule has 0 saturated heterocycles. The van der Waals surface area contributed by atoms with E-state index in [0.717, 1.165) is 18.7 Å². The highest BCUT2D eigenvalue weighted by molar-refractivity contribution is 7.08. The Morgan fingerprint density at radius 3 is 3.00 bits per heavy atom. The van der Waals surface area contributed by atoms with E-state index in [9.17, 15) is 4.79 Å². The molecule has 1 aliphatic carbocycles. The number of aromatic carboxylic acids is 1. The summed E-state index contributed by atoms with van der Waals surface area (Å²) in [6, 6.07) is 0. The molecule has 7 heteroatoms. The van der Waals surface area contributed by atoms with Gasteiger partial charge in [0, 0.05) is 23.6 Å². The van der Waals surface area contributed by atoms with Crippen LogP contribution in [0.15, 0.2) is 12.5 Å². The second kappa shape index (κ2) is 3.38. The average Bonchev–Trinajstić information content (AvgIpc) is 2.83. The molecule has 0 spiro atoms. The molecule has 16 heavy (non-hydrogen) atoms. The third kappa shape index (κ3) is 1.58. The fourth-order valence-corrected chi connectivity index (χ4v) is 2.07. The number of imidazole rings is 1. The van der Waals surface area contributed by atoms with Crippen LogP contribution < -0.4 is 0 Å². The third-order valence-corrected chi connectivity index (χ3v) is 3.14. The van der Waals surface area contributed by atoms with Crippen LogP contribution in [0, 0.1) is 0 Å². The van der Waals surface area contributed by atoms with Crippen molar-refractivity contribution in [3.05, 3.63) is 24.0 Å². The highest BCUT2D eigenvalue weighted by Gasteiger charge is 2.28. The number of carboxylic acids is 1.